The molecule has 0 saturated carbocycles. The number of rotatable bonds is 5. The van der Waals surface area contributed by atoms with Gasteiger partial charge in [-0.1, -0.05) is 11.6 Å². The summed E-state index contributed by atoms with van der Waals surface area (Å²) in [6.07, 6.45) is 1.90. The number of esters is 1. The van der Waals surface area contributed by atoms with Crippen LogP contribution in [0.2, 0.25) is 0 Å². The van der Waals surface area contributed by atoms with Crippen molar-refractivity contribution in [1.29, 1.82) is 0 Å². The highest BCUT2D eigenvalue weighted by Crippen LogP contribution is 2.17. The van der Waals surface area contributed by atoms with E-state index in [1.54, 1.807) is 7.11 Å². The molecule has 0 N–H and O–H groups in total. The van der Waals surface area contributed by atoms with Gasteiger partial charge in [0.2, 0.25) is 0 Å². The molecule has 0 aliphatic heterocycles. The maximum absolute atomic E-state index is 11.6. The van der Waals surface area contributed by atoms with Gasteiger partial charge in [-0.25, -0.2) is 0 Å². The molecule has 4 nitrogen and oxygen atoms in total. The summed E-state index contributed by atoms with van der Waals surface area (Å²) in [4.78, 5) is 11.6. The van der Waals surface area contributed by atoms with Crippen molar-refractivity contribution < 1.29 is 14.3 Å². The van der Waals surface area contributed by atoms with Crippen molar-refractivity contribution in [3.8, 4) is 0 Å². The maximum atomic E-state index is 11.6. The van der Waals surface area contributed by atoms with E-state index in [9.17, 15) is 4.79 Å². The molecule has 1 heterocycles. The smallest absolute Gasteiger partial charge is 0.326 e. The third-order valence-electron chi connectivity index (χ3n) is 2.78. The third-order valence-corrected chi connectivity index (χ3v) is 2.78. The van der Waals surface area contributed by atoms with E-state index in [4.69, 9.17) is 9.47 Å². The fourth-order valence-electron chi connectivity index (χ4n) is 1.88. The Labute approximate surface area is 106 Å². The zero-order valence-electron chi connectivity index (χ0n) is 10.7. The van der Waals surface area contributed by atoms with Crippen LogP contribution in [-0.4, -0.2) is 30.9 Å². The molecule has 2 aromatic rings. The minimum Gasteiger partial charge on any atom is -0.462 e. The van der Waals surface area contributed by atoms with E-state index < -0.39 is 0 Å². The molecule has 0 bridgehead atoms. The average molecular weight is 247 g/mol. The van der Waals surface area contributed by atoms with Gasteiger partial charge in [-0.15, -0.1) is 0 Å². The number of carbonyl (C=O) groups is 1. The van der Waals surface area contributed by atoms with Gasteiger partial charge < -0.3 is 14.0 Å². The molecule has 0 saturated heterocycles. The number of hydrogen-bond acceptors (Lipinski definition) is 3. The fourth-order valence-corrected chi connectivity index (χ4v) is 1.88. The quantitative estimate of drug-likeness (QED) is 0.600. The predicted molar refractivity (Wildman–Crippen MR) is 69.5 cm³/mol. The number of nitrogens with zero attached hydrogens (tertiary/aromatic N) is 1. The first-order valence-electron chi connectivity index (χ1n) is 5.91. The molecule has 0 unspecified atom stereocenters. The lowest BCUT2D eigenvalue weighted by Gasteiger charge is -2.06. The Kier molecular flexibility index (Phi) is 3.99. The van der Waals surface area contributed by atoms with E-state index in [0.717, 1.165) is 10.9 Å². The summed E-state index contributed by atoms with van der Waals surface area (Å²) in [5, 5.41) is 1.14. The van der Waals surface area contributed by atoms with Crippen LogP contribution in [0.3, 0.4) is 0 Å². The van der Waals surface area contributed by atoms with Gasteiger partial charge in [-0.3, -0.25) is 4.79 Å². The summed E-state index contributed by atoms with van der Waals surface area (Å²) in [5.41, 5.74) is 2.26. The summed E-state index contributed by atoms with van der Waals surface area (Å²) in [7, 11) is 1.58. The molecule has 0 aliphatic carbocycles. The van der Waals surface area contributed by atoms with Crippen LogP contribution in [0.1, 0.15) is 5.56 Å². The van der Waals surface area contributed by atoms with Crippen LogP contribution in [0.25, 0.3) is 10.9 Å². The second-order valence-corrected chi connectivity index (χ2v) is 4.22. The van der Waals surface area contributed by atoms with Crippen molar-refractivity contribution in [2.75, 3.05) is 20.3 Å². The van der Waals surface area contributed by atoms with Crippen molar-refractivity contribution >= 4 is 16.9 Å². The van der Waals surface area contributed by atoms with Crippen molar-refractivity contribution in [3.63, 3.8) is 0 Å². The fraction of sp³-hybridized carbons (Fsp3) is 0.357. The summed E-state index contributed by atoms with van der Waals surface area (Å²) in [6, 6.07) is 8.16. The van der Waals surface area contributed by atoms with E-state index in [1.807, 2.05) is 29.0 Å². The summed E-state index contributed by atoms with van der Waals surface area (Å²) in [5.74, 6) is -0.245. The normalized spacial score (nSPS) is 10.8. The lowest BCUT2D eigenvalue weighted by atomic mass is 10.2. The van der Waals surface area contributed by atoms with Gasteiger partial charge in [-0.05, 0) is 30.5 Å². The van der Waals surface area contributed by atoms with Gasteiger partial charge in [0.25, 0.3) is 0 Å². The number of fused-ring (bicyclic) bond motifs is 1. The molecular formula is C14H17NO3. The molecule has 0 atom stereocenters. The van der Waals surface area contributed by atoms with Gasteiger partial charge in [0.15, 0.2) is 0 Å². The standard InChI is InChI=1S/C14H17NO3/c1-11-3-4-13-12(9-11)5-6-15(13)10-14(16)18-8-7-17-2/h3-6,9H,7-8,10H2,1-2H3. The molecule has 18 heavy (non-hydrogen) atoms. The zero-order valence-corrected chi connectivity index (χ0v) is 10.7. The van der Waals surface area contributed by atoms with Crippen molar-refractivity contribution in [3.05, 3.63) is 36.0 Å². The highest BCUT2D eigenvalue weighted by molar-refractivity contribution is 5.82. The van der Waals surface area contributed by atoms with E-state index in [0.29, 0.717) is 13.2 Å². The van der Waals surface area contributed by atoms with Gasteiger partial charge >= 0.3 is 5.97 Å². The second kappa shape index (κ2) is 5.69. The Hall–Kier alpha value is -1.81. The van der Waals surface area contributed by atoms with Gasteiger partial charge in [0, 0.05) is 18.8 Å². The minimum absolute atomic E-state index is 0.232. The second-order valence-electron chi connectivity index (χ2n) is 4.22. The Morgan fingerprint density at radius 3 is 2.89 bits per heavy atom. The predicted octanol–water partition coefficient (Wildman–Crippen LogP) is 2.14. The highest BCUT2D eigenvalue weighted by Gasteiger charge is 2.07. The highest BCUT2D eigenvalue weighted by atomic mass is 16.6. The molecule has 2 rings (SSSR count). The number of carbonyl (C=O) groups excluding carboxylic acids is 1. The number of aryl methyl sites for hydroxylation is 1. The largest absolute Gasteiger partial charge is 0.462 e. The van der Waals surface area contributed by atoms with Gasteiger partial charge in [0.05, 0.1) is 6.61 Å². The first kappa shape index (κ1) is 12.6. The number of methoxy groups -OCH3 is 1. The molecule has 1 aromatic carbocycles. The first-order chi connectivity index (χ1) is 8.70. The molecule has 0 amide bonds. The zero-order chi connectivity index (χ0) is 13.0. The molecule has 4 heteroatoms. The molecule has 0 spiro atoms. The van der Waals surface area contributed by atoms with Crippen molar-refractivity contribution in [1.82, 2.24) is 4.57 Å². The van der Waals surface area contributed by atoms with Crippen LogP contribution in [0.5, 0.6) is 0 Å². The molecule has 0 aliphatic rings. The summed E-state index contributed by atoms with van der Waals surface area (Å²) < 4.78 is 11.8. The Morgan fingerprint density at radius 1 is 1.28 bits per heavy atom. The lowest BCUT2D eigenvalue weighted by Crippen LogP contribution is -2.15. The topological polar surface area (TPSA) is 40.5 Å². The molecular weight excluding hydrogens is 230 g/mol. The SMILES string of the molecule is COCCOC(=O)Cn1ccc2cc(C)ccc21. The Morgan fingerprint density at radius 2 is 2.11 bits per heavy atom. The van der Waals surface area contributed by atoms with Crippen LogP contribution in [-0.2, 0) is 20.8 Å². The van der Waals surface area contributed by atoms with Gasteiger partial charge in [-0.2, -0.15) is 0 Å². The third kappa shape index (κ3) is 2.90. The number of aromatic nitrogens is 1. The van der Waals surface area contributed by atoms with E-state index in [2.05, 4.69) is 13.0 Å². The number of hydrogen-bond donors (Lipinski definition) is 0. The van der Waals surface area contributed by atoms with Crippen LogP contribution in [0.15, 0.2) is 30.5 Å². The van der Waals surface area contributed by atoms with Crippen molar-refractivity contribution in [2.45, 2.75) is 13.5 Å². The van der Waals surface area contributed by atoms with E-state index >= 15 is 0 Å². The number of ether oxygens (including phenoxy) is 2. The average Bonchev–Trinajstić information content (AvgIpc) is 2.72. The maximum Gasteiger partial charge on any atom is 0.326 e. The van der Waals surface area contributed by atoms with Crippen molar-refractivity contribution in [2.24, 2.45) is 0 Å². The summed E-state index contributed by atoms with van der Waals surface area (Å²) in [6.45, 7) is 3.01. The molecule has 96 valence electrons. The van der Waals surface area contributed by atoms with Gasteiger partial charge in [0.1, 0.15) is 13.2 Å². The van der Waals surface area contributed by atoms with Crippen LogP contribution in [0.4, 0.5) is 0 Å². The first-order valence-corrected chi connectivity index (χ1v) is 5.91. The lowest BCUT2D eigenvalue weighted by molar-refractivity contribution is -0.145. The van der Waals surface area contributed by atoms with Crippen LogP contribution in [0, 0.1) is 6.92 Å². The number of benzene rings is 1. The Balaban J connectivity index is 2.05. The molecule has 0 fully saturated rings. The van der Waals surface area contributed by atoms with E-state index in [1.165, 1.54) is 5.56 Å². The van der Waals surface area contributed by atoms with Crippen LogP contribution >= 0.6 is 0 Å². The Bertz CT molecular complexity index is 545. The molecule has 0 radical (unpaired) electrons. The molecule has 1 aromatic heterocycles. The summed E-state index contributed by atoms with van der Waals surface area (Å²) >= 11 is 0. The monoisotopic (exact) mass is 247 g/mol. The minimum atomic E-state index is -0.245. The van der Waals surface area contributed by atoms with Crippen LogP contribution < -0.4 is 0 Å². The van der Waals surface area contributed by atoms with E-state index in [-0.39, 0.29) is 12.5 Å².